The number of aromatic nitrogens is 1. The average Bonchev–Trinajstić information content (AvgIpc) is 2.76. The molecule has 0 atom stereocenters. The lowest BCUT2D eigenvalue weighted by Gasteiger charge is -2.09. The van der Waals surface area contributed by atoms with Crippen molar-refractivity contribution >= 4 is 10.9 Å². The number of nitrogens with one attached hydrogen (secondary N) is 1. The van der Waals surface area contributed by atoms with Crippen LogP contribution in [0.4, 0.5) is 0 Å². The number of rotatable bonds is 6. The molecule has 0 radical (unpaired) electrons. The van der Waals surface area contributed by atoms with E-state index in [4.69, 9.17) is 4.74 Å². The highest BCUT2D eigenvalue weighted by Crippen LogP contribution is 2.18. The highest BCUT2D eigenvalue weighted by Gasteiger charge is 2.02. The smallest absolute Gasteiger partial charge is 0.122 e. The molecule has 1 aromatic heterocycles. The summed E-state index contributed by atoms with van der Waals surface area (Å²) in [6, 6.07) is 9.26. The average molecular weight is 246 g/mol. The second kappa shape index (κ2) is 6.03. The van der Waals surface area contributed by atoms with Crippen LogP contribution in [0.3, 0.4) is 0 Å². The summed E-state index contributed by atoms with van der Waals surface area (Å²) < 4.78 is 7.58. The molecule has 0 aliphatic rings. The molecule has 0 saturated heterocycles. The zero-order chi connectivity index (χ0) is 13.0. The monoisotopic (exact) mass is 246 g/mol. The van der Waals surface area contributed by atoms with Gasteiger partial charge in [-0.15, -0.1) is 0 Å². The third kappa shape index (κ3) is 3.12. The van der Waals surface area contributed by atoms with Crippen molar-refractivity contribution in [2.75, 3.05) is 6.61 Å². The van der Waals surface area contributed by atoms with Gasteiger partial charge in [-0.25, -0.2) is 0 Å². The summed E-state index contributed by atoms with van der Waals surface area (Å²) in [5.74, 6) is 0. The molecule has 0 saturated carbocycles. The fourth-order valence-corrected chi connectivity index (χ4v) is 1.98. The molecule has 0 aliphatic heterocycles. The van der Waals surface area contributed by atoms with Crippen LogP contribution in [0.1, 0.15) is 26.3 Å². The van der Waals surface area contributed by atoms with Crippen LogP contribution in [0.2, 0.25) is 0 Å². The van der Waals surface area contributed by atoms with Gasteiger partial charge in [0.15, 0.2) is 0 Å². The molecular weight excluding hydrogens is 224 g/mol. The Balaban J connectivity index is 2.14. The summed E-state index contributed by atoms with van der Waals surface area (Å²) in [7, 11) is 0. The third-order valence-corrected chi connectivity index (χ3v) is 2.98. The lowest BCUT2D eigenvalue weighted by molar-refractivity contribution is 0.0909. The van der Waals surface area contributed by atoms with Crippen LogP contribution >= 0.6 is 0 Å². The molecular formula is C15H22N2O. The molecule has 0 fully saturated rings. The molecule has 0 unspecified atom stereocenters. The Morgan fingerprint density at radius 1 is 1.28 bits per heavy atom. The maximum atomic E-state index is 5.45. The number of fused-ring (bicyclic) bond motifs is 1. The van der Waals surface area contributed by atoms with Gasteiger partial charge in [0, 0.05) is 30.9 Å². The lowest BCUT2D eigenvalue weighted by Crippen LogP contribution is -2.21. The van der Waals surface area contributed by atoms with Crippen LogP contribution in [0.25, 0.3) is 10.9 Å². The van der Waals surface area contributed by atoms with Crippen LogP contribution in [0.5, 0.6) is 0 Å². The van der Waals surface area contributed by atoms with E-state index < -0.39 is 0 Å². The van der Waals surface area contributed by atoms with Crippen molar-refractivity contribution in [3.05, 3.63) is 36.0 Å². The molecule has 2 aromatic rings. The predicted molar refractivity (Wildman–Crippen MR) is 75.5 cm³/mol. The van der Waals surface area contributed by atoms with Crippen LogP contribution in [-0.4, -0.2) is 17.2 Å². The molecule has 3 heteroatoms. The fourth-order valence-electron chi connectivity index (χ4n) is 1.98. The summed E-state index contributed by atoms with van der Waals surface area (Å²) in [6.45, 7) is 8.64. The molecule has 3 nitrogen and oxygen atoms in total. The Hall–Kier alpha value is -1.32. The van der Waals surface area contributed by atoms with Gasteiger partial charge in [0.25, 0.3) is 0 Å². The second-order valence-electron chi connectivity index (χ2n) is 4.84. The van der Waals surface area contributed by atoms with E-state index in [0.29, 0.717) is 12.8 Å². The van der Waals surface area contributed by atoms with E-state index >= 15 is 0 Å². The van der Waals surface area contributed by atoms with Crippen molar-refractivity contribution in [2.45, 2.75) is 40.1 Å². The van der Waals surface area contributed by atoms with Crippen molar-refractivity contribution in [2.24, 2.45) is 0 Å². The van der Waals surface area contributed by atoms with Gasteiger partial charge >= 0.3 is 0 Å². The first kappa shape index (κ1) is 13.1. The van der Waals surface area contributed by atoms with E-state index in [-0.39, 0.29) is 0 Å². The zero-order valence-electron chi connectivity index (χ0n) is 11.4. The largest absolute Gasteiger partial charge is 0.361 e. The first-order valence-corrected chi connectivity index (χ1v) is 6.59. The summed E-state index contributed by atoms with van der Waals surface area (Å²) in [5, 5.41) is 4.71. The summed E-state index contributed by atoms with van der Waals surface area (Å²) in [5.41, 5.74) is 2.56. The SMILES string of the molecule is CCOCn1ccc2cc(CNC(C)C)ccc21. The van der Waals surface area contributed by atoms with Gasteiger partial charge in [0.2, 0.25) is 0 Å². The van der Waals surface area contributed by atoms with Gasteiger partial charge in [0.1, 0.15) is 6.73 Å². The minimum atomic E-state index is 0.517. The minimum absolute atomic E-state index is 0.517. The van der Waals surface area contributed by atoms with E-state index in [2.05, 4.69) is 54.2 Å². The molecule has 0 amide bonds. The molecule has 1 heterocycles. The molecule has 1 aromatic carbocycles. The highest BCUT2D eigenvalue weighted by molar-refractivity contribution is 5.80. The van der Waals surface area contributed by atoms with Crippen LogP contribution in [0.15, 0.2) is 30.5 Å². The van der Waals surface area contributed by atoms with Crippen molar-refractivity contribution < 1.29 is 4.74 Å². The van der Waals surface area contributed by atoms with Crippen LogP contribution < -0.4 is 5.32 Å². The van der Waals surface area contributed by atoms with Crippen molar-refractivity contribution in [3.8, 4) is 0 Å². The Labute approximate surface area is 109 Å². The van der Waals surface area contributed by atoms with Gasteiger partial charge in [-0.1, -0.05) is 19.9 Å². The number of ether oxygens (including phenoxy) is 1. The van der Waals surface area contributed by atoms with E-state index in [1.54, 1.807) is 0 Å². The van der Waals surface area contributed by atoms with Crippen molar-refractivity contribution in [1.29, 1.82) is 0 Å². The van der Waals surface area contributed by atoms with Gasteiger partial charge in [0.05, 0.1) is 0 Å². The Morgan fingerprint density at radius 3 is 2.83 bits per heavy atom. The number of nitrogens with zero attached hydrogens (tertiary/aromatic N) is 1. The van der Waals surface area contributed by atoms with E-state index in [1.165, 1.54) is 16.5 Å². The van der Waals surface area contributed by atoms with Gasteiger partial charge in [-0.2, -0.15) is 0 Å². The summed E-state index contributed by atoms with van der Waals surface area (Å²) in [6.07, 6.45) is 2.08. The lowest BCUT2D eigenvalue weighted by atomic mass is 10.1. The molecule has 0 bridgehead atoms. The quantitative estimate of drug-likeness (QED) is 0.847. The Morgan fingerprint density at radius 2 is 2.11 bits per heavy atom. The van der Waals surface area contributed by atoms with E-state index in [1.807, 2.05) is 6.92 Å². The highest BCUT2D eigenvalue weighted by atomic mass is 16.5. The van der Waals surface area contributed by atoms with Gasteiger partial charge < -0.3 is 14.6 Å². The molecule has 1 N–H and O–H groups in total. The Bertz CT molecular complexity index is 502. The number of benzene rings is 1. The van der Waals surface area contributed by atoms with E-state index in [9.17, 15) is 0 Å². The van der Waals surface area contributed by atoms with Gasteiger partial charge in [-0.3, -0.25) is 0 Å². The molecule has 98 valence electrons. The Kier molecular flexibility index (Phi) is 4.39. The zero-order valence-corrected chi connectivity index (χ0v) is 11.4. The molecule has 2 rings (SSSR count). The first-order chi connectivity index (χ1) is 8.70. The van der Waals surface area contributed by atoms with Crippen molar-refractivity contribution in [3.63, 3.8) is 0 Å². The second-order valence-corrected chi connectivity index (χ2v) is 4.84. The minimum Gasteiger partial charge on any atom is -0.361 e. The molecule has 18 heavy (non-hydrogen) atoms. The van der Waals surface area contributed by atoms with E-state index in [0.717, 1.165) is 13.2 Å². The maximum Gasteiger partial charge on any atom is 0.122 e. The van der Waals surface area contributed by atoms with Crippen LogP contribution in [-0.2, 0) is 18.0 Å². The third-order valence-electron chi connectivity index (χ3n) is 2.98. The summed E-state index contributed by atoms with van der Waals surface area (Å²) >= 11 is 0. The number of hydrogen-bond donors (Lipinski definition) is 1. The summed E-state index contributed by atoms with van der Waals surface area (Å²) in [4.78, 5) is 0. The standard InChI is InChI=1S/C15H22N2O/c1-4-18-11-17-8-7-14-9-13(5-6-15(14)17)10-16-12(2)3/h5-9,12,16H,4,10-11H2,1-3H3. The maximum absolute atomic E-state index is 5.45. The molecule has 0 aliphatic carbocycles. The number of hydrogen-bond acceptors (Lipinski definition) is 2. The topological polar surface area (TPSA) is 26.2 Å². The first-order valence-electron chi connectivity index (χ1n) is 6.59. The van der Waals surface area contributed by atoms with Crippen molar-refractivity contribution in [1.82, 2.24) is 9.88 Å². The fraction of sp³-hybridized carbons (Fsp3) is 0.467. The molecule has 0 spiro atoms. The van der Waals surface area contributed by atoms with Crippen LogP contribution in [0, 0.1) is 0 Å². The predicted octanol–water partition coefficient (Wildman–Crippen LogP) is 3.13. The van der Waals surface area contributed by atoms with Gasteiger partial charge in [-0.05, 0) is 36.1 Å². The normalized spacial score (nSPS) is 11.6.